The van der Waals surface area contributed by atoms with Crippen molar-refractivity contribution in [1.29, 1.82) is 0 Å². The van der Waals surface area contributed by atoms with Crippen LogP contribution in [0.4, 0.5) is 0 Å². The Labute approximate surface area is 51.1 Å². The molecular weight excluding hydrogens is 100 g/mol. The summed E-state index contributed by atoms with van der Waals surface area (Å²) in [5.41, 5.74) is 0. The fraction of sp³-hybridized carbons (Fsp3) is 1.00. The molecule has 0 spiro atoms. The van der Waals surface area contributed by atoms with Gasteiger partial charge in [0.05, 0.1) is 6.10 Å². The first kappa shape index (κ1) is 3.89. The first-order valence-electron chi connectivity index (χ1n) is 3.97. The molecule has 4 atom stereocenters. The SMILES string of the molecule is [2H]C1C2CCC(C2)C1O. The Kier molecular flexibility index (Phi) is 0.715. The number of rotatable bonds is 0. The van der Waals surface area contributed by atoms with Gasteiger partial charge in [0.25, 0.3) is 0 Å². The van der Waals surface area contributed by atoms with Gasteiger partial charge in [0.15, 0.2) is 0 Å². The van der Waals surface area contributed by atoms with E-state index < -0.39 is 0 Å². The van der Waals surface area contributed by atoms with Gasteiger partial charge in [-0.05, 0) is 37.5 Å². The molecule has 0 saturated heterocycles. The van der Waals surface area contributed by atoms with Crippen molar-refractivity contribution in [3.8, 4) is 0 Å². The smallest absolute Gasteiger partial charge is 0.0571 e. The van der Waals surface area contributed by atoms with E-state index in [1.807, 2.05) is 0 Å². The van der Waals surface area contributed by atoms with Crippen molar-refractivity contribution in [3.05, 3.63) is 0 Å². The van der Waals surface area contributed by atoms with Crippen LogP contribution in [0.2, 0.25) is 0 Å². The maximum absolute atomic E-state index is 9.30. The predicted molar refractivity (Wildman–Crippen MR) is 31.5 cm³/mol. The molecule has 8 heavy (non-hydrogen) atoms. The van der Waals surface area contributed by atoms with Gasteiger partial charge < -0.3 is 5.11 Å². The van der Waals surface area contributed by atoms with E-state index in [4.69, 9.17) is 1.37 Å². The number of hydrogen-bond acceptors (Lipinski definition) is 1. The van der Waals surface area contributed by atoms with E-state index in [0.717, 1.165) is 6.42 Å². The highest BCUT2D eigenvalue weighted by atomic mass is 16.3. The van der Waals surface area contributed by atoms with Gasteiger partial charge >= 0.3 is 0 Å². The largest absolute Gasteiger partial charge is 0.393 e. The Bertz CT molecular complexity index is 108. The van der Waals surface area contributed by atoms with Gasteiger partial charge in [0.1, 0.15) is 0 Å². The summed E-state index contributed by atoms with van der Waals surface area (Å²) in [4.78, 5) is 0. The monoisotopic (exact) mass is 113 g/mol. The van der Waals surface area contributed by atoms with E-state index in [9.17, 15) is 5.11 Å². The molecule has 2 saturated carbocycles. The lowest BCUT2D eigenvalue weighted by atomic mass is 9.98. The average Bonchev–Trinajstić information content (AvgIpc) is 2.37. The molecule has 0 aliphatic heterocycles. The minimum atomic E-state index is -0.288. The Morgan fingerprint density at radius 1 is 1.50 bits per heavy atom. The molecular formula is C7H12O. The van der Waals surface area contributed by atoms with Crippen LogP contribution in [-0.4, -0.2) is 11.2 Å². The van der Waals surface area contributed by atoms with Crippen LogP contribution in [0.25, 0.3) is 0 Å². The summed E-state index contributed by atoms with van der Waals surface area (Å²) in [6.45, 7) is 0. The summed E-state index contributed by atoms with van der Waals surface area (Å²) in [6, 6.07) is 0. The highest BCUT2D eigenvalue weighted by Crippen LogP contribution is 2.44. The summed E-state index contributed by atoms with van der Waals surface area (Å²) in [7, 11) is 0. The molecule has 1 nitrogen and oxygen atoms in total. The van der Waals surface area contributed by atoms with Gasteiger partial charge in [0, 0.05) is 1.37 Å². The lowest BCUT2D eigenvalue weighted by Crippen LogP contribution is -2.14. The molecule has 4 unspecified atom stereocenters. The van der Waals surface area contributed by atoms with Crippen molar-refractivity contribution >= 4 is 0 Å². The van der Waals surface area contributed by atoms with Crippen molar-refractivity contribution in [2.45, 2.75) is 31.8 Å². The molecule has 1 N–H and O–H groups in total. The van der Waals surface area contributed by atoms with Gasteiger partial charge in [-0.25, -0.2) is 0 Å². The number of fused-ring (bicyclic) bond motifs is 2. The third-order valence-corrected chi connectivity index (χ3v) is 2.47. The van der Waals surface area contributed by atoms with E-state index in [1.54, 1.807) is 0 Å². The van der Waals surface area contributed by atoms with E-state index in [-0.39, 0.29) is 12.5 Å². The Balaban J connectivity index is 2.15. The first-order valence-corrected chi connectivity index (χ1v) is 3.39. The number of hydrogen-bond donors (Lipinski definition) is 1. The third-order valence-electron chi connectivity index (χ3n) is 2.47. The lowest BCUT2D eigenvalue weighted by Gasteiger charge is -2.14. The molecule has 2 aliphatic rings. The number of aliphatic hydroxyl groups excluding tert-OH is 1. The summed E-state index contributed by atoms with van der Waals surface area (Å²) in [5, 5.41) is 9.30. The van der Waals surface area contributed by atoms with Crippen LogP contribution in [0.1, 0.15) is 27.0 Å². The van der Waals surface area contributed by atoms with E-state index in [2.05, 4.69) is 0 Å². The molecule has 2 fully saturated rings. The van der Waals surface area contributed by atoms with Crippen LogP contribution < -0.4 is 0 Å². The van der Waals surface area contributed by atoms with E-state index in [0.29, 0.717) is 11.8 Å². The Hall–Kier alpha value is -0.0400. The minimum Gasteiger partial charge on any atom is -0.393 e. The molecule has 2 aliphatic carbocycles. The van der Waals surface area contributed by atoms with E-state index >= 15 is 0 Å². The van der Waals surface area contributed by atoms with Crippen LogP contribution in [0.15, 0.2) is 0 Å². The first-order chi connectivity index (χ1) is 4.29. The molecule has 0 aromatic heterocycles. The second kappa shape index (κ2) is 1.47. The summed E-state index contributed by atoms with van der Waals surface area (Å²) in [6.07, 6.45) is 3.04. The molecule has 0 amide bonds. The lowest BCUT2D eigenvalue weighted by molar-refractivity contribution is 0.113. The molecule has 0 aromatic carbocycles. The highest BCUT2D eigenvalue weighted by molar-refractivity contribution is 4.89. The molecule has 46 valence electrons. The van der Waals surface area contributed by atoms with Crippen molar-refractivity contribution in [2.75, 3.05) is 0 Å². The average molecular weight is 113 g/mol. The van der Waals surface area contributed by atoms with Crippen LogP contribution in [0, 0.1) is 11.8 Å². The molecule has 0 aromatic rings. The molecule has 0 heterocycles. The quantitative estimate of drug-likeness (QED) is 0.500. The van der Waals surface area contributed by atoms with Crippen molar-refractivity contribution < 1.29 is 6.48 Å². The van der Waals surface area contributed by atoms with Crippen LogP contribution in [0.3, 0.4) is 0 Å². The molecule has 2 rings (SSSR count). The van der Waals surface area contributed by atoms with Gasteiger partial charge in [-0.3, -0.25) is 0 Å². The topological polar surface area (TPSA) is 20.2 Å². The highest BCUT2D eigenvalue weighted by Gasteiger charge is 2.38. The number of aliphatic hydroxyl groups is 1. The van der Waals surface area contributed by atoms with Crippen molar-refractivity contribution in [3.63, 3.8) is 0 Å². The van der Waals surface area contributed by atoms with Crippen LogP contribution in [0.5, 0.6) is 0 Å². The minimum absolute atomic E-state index is 0.149. The second-order valence-electron chi connectivity index (χ2n) is 3.02. The zero-order valence-corrected chi connectivity index (χ0v) is 4.88. The Morgan fingerprint density at radius 3 is 2.75 bits per heavy atom. The van der Waals surface area contributed by atoms with E-state index in [1.165, 1.54) is 12.8 Å². The normalized spacial score (nSPS) is 63.9. The van der Waals surface area contributed by atoms with Crippen molar-refractivity contribution in [2.24, 2.45) is 11.8 Å². The summed E-state index contributed by atoms with van der Waals surface area (Å²) >= 11 is 0. The molecule has 1 heteroatoms. The standard InChI is InChI=1S/C7H12O/c8-7-4-5-1-2-6(7)3-5/h5-8H,1-4H2/i4D. The summed E-state index contributed by atoms with van der Waals surface area (Å²) < 4.78 is 7.48. The van der Waals surface area contributed by atoms with Gasteiger partial charge in [-0.1, -0.05) is 0 Å². The maximum Gasteiger partial charge on any atom is 0.0571 e. The van der Waals surface area contributed by atoms with Gasteiger partial charge in [-0.2, -0.15) is 0 Å². The zero-order valence-electron chi connectivity index (χ0n) is 5.88. The zero-order chi connectivity index (χ0) is 6.43. The third kappa shape index (κ3) is 0.510. The predicted octanol–water partition coefficient (Wildman–Crippen LogP) is 1.17. The molecule has 0 radical (unpaired) electrons. The van der Waals surface area contributed by atoms with Crippen LogP contribution in [-0.2, 0) is 0 Å². The van der Waals surface area contributed by atoms with Gasteiger partial charge in [0.2, 0.25) is 0 Å². The molecule has 2 bridgehead atoms. The Morgan fingerprint density at radius 2 is 2.38 bits per heavy atom. The van der Waals surface area contributed by atoms with Crippen molar-refractivity contribution in [1.82, 2.24) is 0 Å². The fourth-order valence-corrected chi connectivity index (χ4v) is 1.97. The van der Waals surface area contributed by atoms with Crippen LogP contribution >= 0.6 is 0 Å². The summed E-state index contributed by atoms with van der Waals surface area (Å²) in [5.74, 6) is 1.02. The maximum atomic E-state index is 9.30. The fourth-order valence-electron chi connectivity index (χ4n) is 1.97. The second-order valence-corrected chi connectivity index (χ2v) is 3.02. The van der Waals surface area contributed by atoms with Gasteiger partial charge in [-0.15, -0.1) is 0 Å².